The van der Waals surface area contributed by atoms with Gasteiger partial charge < -0.3 is 9.64 Å². The average Bonchev–Trinajstić information content (AvgIpc) is 3.67. The van der Waals surface area contributed by atoms with Crippen molar-refractivity contribution < 1.29 is 4.74 Å². The molecule has 270 valence electrons. The van der Waals surface area contributed by atoms with Crippen molar-refractivity contribution in [2.45, 2.75) is 0 Å². The maximum atomic E-state index is 6.79. The quantitative estimate of drug-likeness (QED) is 0.146. The molecule has 0 atom stereocenters. The van der Waals surface area contributed by atoms with Crippen LogP contribution in [-0.2, 0) is 0 Å². The number of rotatable bonds is 9. The molecule has 0 N–H and O–H groups in total. The van der Waals surface area contributed by atoms with Crippen LogP contribution in [0.2, 0.25) is 0 Å². The summed E-state index contributed by atoms with van der Waals surface area (Å²) in [5.41, 5.74) is 12.4. The lowest BCUT2D eigenvalue weighted by atomic mass is 9.95. The third-order valence-electron chi connectivity index (χ3n) is 10.5. The lowest BCUT2D eigenvalue weighted by molar-refractivity contribution is 0.484. The van der Waals surface area contributed by atoms with E-state index in [-0.39, 0.29) is 0 Å². The summed E-state index contributed by atoms with van der Waals surface area (Å²) in [6.45, 7) is 0. The SMILES string of the molecule is c1ccc(Oc2cc(N(c3ccc(-c4ccccc4)cc3-c3ccccc3)c3cccc4sc5cc(-c6ccccc6)ccc5c34)ccc2-c2ccccc2)cc1. The van der Waals surface area contributed by atoms with Crippen molar-refractivity contribution in [3.05, 3.63) is 224 Å². The van der Waals surface area contributed by atoms with E-state index >= 15 is 0 Å². The Morgan fingerprint density at radius 3 is 1.56 bits per heavy atom. The number of anilines is 3. The fourth-order valence-electron chi connectivity index (χ4n) is 7.81. The van der Waals surface area contributed by atoms with Gasteiger partial charge in [-0.25, -0.2) is 0 Å². The Labute approximate surface area is 337 Å². The maximum absolute atomic E-state index is 6.79. The van der Waals surface area contributed by atoms with Crippen LogP contribution in [0.3, 0.4) is 0 Å². The third-order valence-corrected chi connectivity index (χ3v) is 11.6. The zero-order valence-electron chi connectivity index (χ0n) is 31.1. The van der Waals surface area contributed by atoms with E-state index in [0.29, 0.717) is 0 Å². The predicted octanol–water partition coefficient (Wildman–Crippen LogP) is 16.0. The van der Waals surface area contributed by atoms with E-state index in [1.165, 1.54) is 42.4 Å². The fourth-order valence-corrected chi connectivity index (χ4v) is 8.97. The lowest BCUT2D eigenvalue weighted by Crippen LogP contribution is -2.12. The van der Waals surface area contributed by atoms with Crippen molar-refractivity contribution in [3.8, 4) is 56.0 Å². The van der Waals surface area contributed by atoms with E-state index in [9.17, 15) is 0 Å². The van der Waals surface area contributed by atoms with Crippen LogP contribution in [0.15, 0.2) is 224 Å². The first-order valence-corrected chi connectivity index (χ1v) is 20.1. The summed E-state index contributed by atoms with van der Waals surface area (Å²) >= 11 is 1.85. The van der Waals surface area contributed by atoms with Crippen LogP contribution in [0.5, 0.6) is 11.5 Å². The Morgan fingerprint density at radius 1 is 0.351 bits per heavy atom. The molecule has 0 fully saturated rings. The minimum Gasteiger partial charge on any atom is -0.457 e. The molecule has 57 heavy (non-hydrogen) atoms. The second-order valence-electron chi connectivity index (χ2n) is 14.1. The minimum atomic E-state index is 0.784. The summed E-state index contributed by atoms with van der Waals surface area (Å²) in [7, 11) is 0. The van der Waals surface area contributed by atoms with Gasteiger partial charge in [-0.1, -0.05) is 164 Å². The first kappa shape index (κ1) is 34.3. The zero-order valence-corrected chi connectivity index (χ0v) is 31.9. The van der Waals surface area contributed by atoms with E-state index in [1.54, 1.807) is 0 Å². The summed E-state index contributed by atoms with van der Waals surface area (Å²) in [4.78, 5) is 2.43. The second kappa shape index (κ2) is 15.1. The highest BCUT2D eigenvalue weighted by Crippen LogP contribution is 2.50. The van der Waals surface area contributed by atoms with Crippen LogP contribution in [0.1, 0.15) is 0 Å². The highest BCUT2D eigenvalue weighted by atomic mass is 32.1. The van der Waals surface area contributed by atoms with E-state index < -0.39 is 0 Å². The van der Waals surface area contributed by atoms with Gasteiger partial charge in [0.05, 0.1) is 11.4 Å². The van der Waals surface area contributed by atoms with Crippen molar-refractivity contribution in [2.24, 2.45) is 0 Å². The van der Waals surface area contributed by atoms with Crippen molar-refractivity contribution in [3.63, 3.8) is 0 Å². The molecule has 0 aliphatic heterocycles. The molecule has 9 aromatic carbocycles. The number of para-hydroxylation sites is 1. The van der Waals surface area contributed by atoms with Crippen LogP contribution in [-0.4, -0.2) is 0 Å². The molecule has 1 heterocycles. The number of nitrogens with zero attached hydrogens (tertiary/aromatic N) is 1. The Hall–Kier alpha value is -7.20. The predicted molar refractivity (Wildman–Crippen MR) is 242 cm³/mol. The van der Waals surface area contributed by atoms with Crippen molar-refractivity contribution in [2.75, 3.05) is 4.90 Å². The highest BCUT2D eigenvalue weighted by molar-refractivity contribution is 7.26. The molecule has 0 spiro atoms. The van der Waals surface area contributed by atoms with Gasteiger partial charge in [0.25, 0.3) is 0 Å². The molecule has 10 rings (SSSR count). The fraction of sp³-hybridized carbons (Fsp3) is 0. The van der Waals surface area contributed by atoms with Gasteiger partial charge >= 0.3 is 0 Å². The molecule has 3 heteroatoms. The summed E-state index contributed by atoms with van der Waals surface area (Å²) in [6.07, 6.45) is 0. The van der Waals surface area contributed by atoms with Gasteiger partial charge in [-0.15, -0.1) is 11.3 Å². The molecule has 0 saturated heterocycles. The molecule has 10 aromatic rings. The van der Waals surface area contributed by atoms with Gasteiger partial charge in [-0.05, 0) is 88.0 Å². The molecule has 0 aliphatic carbocycles. The molecule has 0 unspecified atom stereocenters. The van der Waals surface area contributed by atoms with Gasteiger partial charge in [0, 0.05) is 43.1 Å². The number of thiophene rings is 1. The third kappa shape index (κ3) is 6.75. The normalized spacial score (nSPS) is 11.2. The van der Waals surface area contributed by atoms with E-state index in [1.807, 2.05) is 41.7 Å². The van der Waals surface area contributed by atoms with Gasteiger partial charge in [0.2, 0.25) is 0 Å². The molecule has 0 radical (unpaired) electrons. The van der Waals surface area contributed by atoms with E-state index in [2.05, 4.69) is 199 Å². The van der Waals surface area contributed by atoms with Crippen LogP contribution >= 0.6 is 11.3 Å². The number of ether oxygens (including phenoxy) is 1. The topological polar surface area (TPSA) is 12.5 Å². The summed E-state index contributed by atoms with van der Waals surface area (Å²) in [6, 6.07) is 79.7. The summed E-state index contributed by atoms with van der Waals surface area (Å²) in [5, 5.41) is 2.46. The first-order chi connectivity index (χ1) is 28.3. The Bertz CT molecular complexity index is 2960. The Morgan fingerprint density at radius 2 is 0.912 bits per heavy atom. The van der Waals surface area contributed by atoms with Gasteiger partial charge in [0.15, 0.2) is 0 Å². The molecule has 1 aromatic heterocycles. The van der Waals surface area contributed by atoms with Gasteiger partial charge in [0.1, 0.15) is 11.5 Å². The minimum absolute atomic E-state index is 0.784. The van der Waals surface area contributed by atoms with E-state index in [0.717, 1.165) is 50.8 Å². The summed E-state index contributed by atoms with van der Waals surface area (Å²) in [5.74, 6) is 1.57. The first-order valence-electron chi connectivity index (χ1n) is 19.2. The molecular formula is C54H37NOS. The monoisotopic (exact) mass is 747 g/mol. The maximum Gasteiger partial charge on any atom is 0.137 e. The highest BCUT2D eigenvalue weighted by Gasteiger charge is 2.24. The van der Waals surface area contributed by atoms with Crippen LogP contribution < -0.4 is 9.64 Å². The van der Waals surface area contributed by atoms with Crippen LogP contribution in [0.4, 0.5) is 17.1 Å². The molecule has 0 amide bonds. The van der Waals surface area contributed by atoms with Crippen LogP contribution in [0, 0.1) is 0 Å². The van der Waals surface area contributed by atoms with Crippen LogP contribution in [0.25, 0.3) is 64.7 Å². The van der Waals surface area contributed by atoms with Crippen molar-refractivity contribution in [1.82, 2.24) is 0 Å². The molecule has 0 bridgehead atoms. The molecule has 0 aliphatic rings. The Balaban J connectivity index is 1.24. The number of fused-ring (bicyclic) bond motifs is 3. The smallest absolute Gasteiger partial charge is 0.137 e. The molecule has 2 nitrogen and oxygen atoms in total. The second-order valence-corrected chi connectivity index (χ2v) is 15.2. The summed E-state index contributed by atoms with van der Waals surface area (Å²) < 4.78 is 9.29. The van der Waals surface area contributed by atoms with Gasteiger partial charge in [-0.3, -0.25) is 0 Å². The van der Waals surface area contributed by atoms with Crippen molar-refractivity contribution >= 4 is 48.6 Å². The standard InChI is InChI=1S/C54H37NOS/c1-6-17-38(18-7-1)42-30-34-49(48(35-42)41-23-12-4-13-24-41)55(44-31-33-46(40-21-10-3-11-22-40)51(37-44)56-45-25-14-5-15-26-45)50-27-16-28-52-54(50)47-32-29-43(36-53(47)57-52)39-19-8-2-9-20-39/h1-37H. The number of benzene rings is 9. The molecular weight excluding hydrogens is 711 g/mol. The zero-order chi connectivity index (χ0) is 38.0. The van der Waals surface area contributed by atoms with E-state index in [4.69, 9.17) is 4.74 Å². The van der Waals surface area contributed by atoms with Gasteiger partial charge in [-0.2, -0.15) is 0 Å². The lowest BCUT2D eigenvalue weighted by Gasteiger charge is -2.30. The number of hydrogen-bond donors (Lipinski definition) is 0. The number of hydrogen-bond acceptors (Lipinski definition) is 3. The Kier molecular flexibility index (Phi) is 9.11. The van der Waals surface area contributed by atoms with Crippen molar-refractivity contribution in [1.29, 1.82) is 0 Å². The largest absolute Gasteiger partial charge is 0.457 e. The molecule has 0 saturated carbocycles. The average molecular weight is 748 g/mol.